The summed E-state index contributed by atoms with van der Waals surface area (Å²) in [7, 11) is 2.72. The number of methoxy groups -OCH3 is 1. The number of fused-ring (bicyclic) bond motifs is 1. The number of hydrogen-bond donors (Lipinski definition) is 1. The van der Waals surface area contributed by atoms with Gasteiger partial charge in [-0.05, 0) is 18.6 Å². The monoisotopic (exact) mass is 352 g/mol. The molecule has 0 radical (unpaired) electrons. The first kappa shape index (κ1) is 17.9. The summed E-state index contributed by atoms with van der Waals surface area (Å²) in [6.07, 6.45) is 2.97. The number of ketones is 2. The minimum atomic E-state index is -0.835. The van der Waals surface area contributed by atoms with E-state index in [1.54, 1.807) is 7.05 Å². The van der Waals surface area contributed by atoms with Gasteiger partial charge in [-0.25, -0.2) is 4.79 Å². The molecular weight excluding hydrogens is 336 g/mol. The van der Waals surface area contributed by atoms with Crippen LogP contribution in [0.3, 0.4) is 0 Å². The largest absolute Gasteiger partial charge is 0.464 e. The van der Waals surface area contributed by atoms with E-state index in [-0.39, 0.29) is 27.8 Å². The van der Waals surface area contributed by atoms with Gasteiger partial charge in [-0.2, -0.15) is 0 Å². The number of esters is 1. The van der Waals surface area contributed by atoms with Crippen molar-refractivity contribution in [1.82, 2.24) is 10.5 Å². The number of ether oxygens (including phenoxy) is 1. The summed E-state index contributed by atoms with van der Waals surface area (Å²) >= 11 is 1.20. The quantitative estimate of drug-likeness (QED) is 0.578. The van der Waals surface area contributed by atoms with Crippen molar-refractivity contribution in [3.05, 3.63) is 28.0 Å². The number of nitrogens with one attached hydrogen (secondary N) is 1. The molecule has 1 aromatic heterocycles. The third-order valence-corrected chi connectivity index (χ3v) is 4.45. The highest BCUT2D eigenvalue weighted by Gasteiger charge is 2.36. The topological polar surface area (TPSA) is 116 Å². The molecular formula is C15H16N2O6S. The zero-order chi connectivity index (χ0) is 17.7. The molecule has 1 aliphatic carbocycles. The van der Waals surface area contributed by atoms with Crippen LogP contribution in [0.2, 0.25) is 0 Å². The number of nitrogens with zero attached hydrogens (tertiary/aromatic N) is 1. The fraction of sp³-hybridized carbons (Fsp3) is 0.400. The van der Waals surface area contributed by atoms with Crippen LogP contribution in [0.5, 0.6) is 0 Å². The molecule has 24 heavy (non-hydrogen) atoms. The molecule has 0 spiro atoms. The number of Topliss-reactive ketones (excluding diaryl/α,β-unsaturated/α-hetero) is 1. The molecule has 0 aromatic carbocycles. The van der Waals surface area contributed by atoms with Gasteiger partial charge < -0.3 is 14.6 Å². The van der Waals surface area contributed by atoms with Gasteiger partial charge in [-0.3, -0.25) is 14.4 Å². The van der Waals surface area contributed by atoms with Crippen molar-refractivity contribution in [2.24, 2.45) is 0 Å². The lowest BCUT2D eigenvalue weighted by atomic mass is 10.00. The first-order valence-electron chi connectivity index (χ1n) is 7.21. The van der Waals surface area contributed by atoms with Gasteiger partial charge in [0, 0.05) is 19.5 Å². The second-order valence-corrected chi connectivity index (χ2v) is 6.04. The maximum absolute atomic E-state index is 12.5. The molecule has 0 unspecified atom stereocenters. The number of carbonyl (C=O) groups excluding carboxylic acids is 4. The molecule has 8 nitrogen and oxygen atoms in total. The molecule has 1 amide bonds. The van der Waals surface area contributed by atoms with E-state index in [0.717, 1.165) is 7.11 Å². The maximum Gasteiger partial charge on any atom is 0.361 e. The summed E-state index contributed by atoms with van der Waals surface area (Å²) < 4.78 is 9.34. The Morgan fingerprint density at radius 3 is 2.75 bits per heavy atom. The van der Waals surface area contributed by atoms with E-state index in [9.17, 15) is 19.2 Å². The molecule has 0 atom stereocenters. The third-order valence-electron chi connectivity index (χ3n) is 3.34. The number of unbranched alkanes of at least 4 members (excludes halogenated alkanes) is 1. The van der Waals surface area contributed by atoms with Crippen LogP contribution in [0, 0.1) is 0 Å². The molecule has 1 heterocycles. The minimum absolute atomic E-state index is 0.0417. The van der Waals surface area contributed by atoms with Crippen LogP contribution in [0.1, 0.15) is 50.7 Å². The van der Waals surface area contributed by atoms with Crippen molar-refractivity contribution in [1.29, 1.82) is 0 Å². The molecule has 0 fully saturated rings. The maximum atomic E-state index is 12.5. The van der Waals surface area contributed by atoms with Crippen molar-refractivity contribution in [3.8, 4) is 0 Å². The van der Waals surface area contributed by atoms with Crippen LogP contribution in [0.25, 0.3) is 0 Å². The van der Waals surface area contributed by atoms with Gasteiger partial charge in [0.1, 0.15) is 5.56 Å². The van der Waals surface area contributed by atoms with Gasteiger partial charge in [-0.15, -0.1) is 11.8 Å². The number of rotatable bonds is 7. The van der Waals surface area contributed by atoms with Crippen molar-refractivity contribution < 1.29 is 28.4 Å². The average Bonchev–Trinajstić information content (AvgIpc) is 3.03. The predicted molar refractivity (Wildman–Crippen MR) is 85.0 cm³/mol. The van der Waals surface area contributed by atoms with Gasteiger partial charge in [0.05, 0.1) is 12.0 Å². The van der Waals surface area contributed by atoms with Crippen LogP contribution < -0.4 is 5.32 Å². The Kier molecular flexibility index (Phi) is 5.91. The zero-order valence-corrected chi connectivity index (χ0v) is 14.0. The number of amides is 1. The number of hydrogen-bond acceptors (Lipinski definition) is 8. The van der Waals surface area contributed by atoms with E-state index >= 15 is 0 Å². The van der Waals surface area contributed by atoms with Crippen LogP contribution in [0.15, 0.2) is 15.5 Å². The van der Waals surface area contributed by atoms with Crippen molar-refractivity contribution in [3.63, 3.8) is 0 Å². The molecule has 1 aliphatic rings. The smallest absolute Gasteiger partial charge is 0.361 e. The second-order valence-electron chi connectivity index (χ2n) is 4.91. The molecule has 0 aliphatic heterocycles. The normalized spacial score (nSPS) is 13.3. The summed E-state index contributed by atoms with van der Waals surface area (Å²) in [5.41, 5.74) is -0.445. The molecule has 0 saturated heterocycles. The second kappa shape index (κ2) is 7.91. The van der Waals surface area contributed by atoms with Crippen LogP contribution in [-0.4, -0.2) is 48.5 Å². The van der Waals surface area contributed by atoms with Crippen molar-refractivity contribution in [2.75, 3.05) is 19.9 Å². The van der Waals surface area contributed by atoms with Gasteiger partial charge >= 0.3 is 5.97 Å². The fourth-order valence-electron chi connectivity index (χ4n) is 2.08. The summed E-state index contributed by atoms with van der Waals surface area (Å²) in [5, 5.41) is 6.00. The Hall–Kier alpha value is -2.42. The van der Waals surface area contributed by atoms with E-state index in [1.807, 2.05) is 0 Å². The van der Waals surface area contributed by atoms with E-state index in [4.69, 9.17) is 4.52 Å². The summed E-state index contributed by atoms with van der Waals surface area (Å²) in [6, 6.07) is 0. The molecule has 1 aromatic rings. The Morgan fingerprint density at radius 1 is 1.33 bits per heavy atom. The van der Waals surface area contributed by atoms with Gasteiger partial charge in [0.2, 0.25) is 28.9 Å². The van der Waals surface area contributed by atoms with Crippen molar-refractivity contribution in [2.45, 2.75) is 19.3 Å². The lowest BCUT2D eigenvalue weighted by Crippen LogP contribution is -2.18. The van der Waals surface area contributed by atoms with E-state index < -0.39 is 17.5 Å². The molecule has 128 valence electrons. The SMILES string of the molecule is CNC(=O)CCCCSC1=CC(=O)c2onc(C(=O)OC)c2C1=O. The summed E-state index contributed by atoms with van der Waals surface area (Å²) in [6.45, 7) is 0. The summed E-state index contributed by atoms with van der Waals surface area (Å²) in [4.78, 5) is 47.4. The molecule has 9 heteroatoms. The number of carbonyl (C=O) groups is 4. The highest BCUT2D eigenvalue weighted by atomic mass is 32.2. The predicted octanol–water partition coefficient (Wildman–Crippen LogP) is 1.37. The molecule has 2 rings (SSSR count). The number of allylic oxidation sites excluding steroid dienone is 2. The number of thioether (sulfide) groups is 1. The Bertz CT molecular complexity index is 722. The Morgan fingerprint density at radius 2 is 2.08 bits per heavy atom. The molecule has 1 N–H and O–H groups in total. The number of aromatic nitrogens is 1. The van der Waals surface area contributed by atoms with Gasteiger partial charge in [-0.1, -0.05) is 5.16 Å². The molecule has 0 bridgehead atoms. The summed E-state index contributed by atoms with van der Waals surface area (Å²) in [5.74, 6) is -1.55. The fourth-order valence-corrected chi connectivity index (χ4v) is 3.07. The lowest BCUT2D eigenvalue weighted by Gasteiger charge is -2.10. The van der Waals surface area contributed by atoms with E-state index in [0.29, 0.717) is 25.0 Å². The third kappa shape index (κ3) is 3.73. The first-order chi connectivity index (χ1) is 11.5. The Balaban J connectivity index is 2.02. The molecule has 0 saturated carbocycles. The van der Waals surface area contributed by atoms with E-state index in [2.05, 4.69) is 15.2 Å². The highest BCUT2D eigenvalue weighted by molar-refractivity contribution is 8.04. The highest BCUT2D eigenvalue weighted by Crippen LogP contribution is 2.31. The lowest BCUT2D eigenvalue weighted by molar-refractivity contribution is -0.120. The zero-order valence-electron chi connectivity index (χ0n) is 13.2. The Labute approximate surface area is 142 Å². The van der Waals surface area contributed by atoms with Crippen LogP contribution >= 0.6 is 11.8 Å². The van der Waals surface area contributed by atoms with Gasteiger partial charge in [0.15, 0.2) is 0 Å². The van der Waals surface area contributed by atoms with Gasteiger partial charge in [0.25, 0.3) is 0 Å². The van der Waals surface area contributed by atoms with E-state index in [1.165, 1.54) is 17.8 Å². The van der Waals surface area contributed by atoms with Crippen LogP contribution in [0.4, 0.5) is 0 Å². The first-order valence-corrected chi connectivity index (χ1v) is 8.20. The minimum Gasteiger partial charge on any atom is -0.464 e. The average molecular weight is 352 g/mol. The van der Waals surface area contributed by atoms with Crippen molar-refractivity contribution >= 4 is 35.2 Å². The standard InChI is InChI=1S/C15H16N2O6S/c1-16-10(19)5-3-4-6-24-9-7-8(18)14-11(13(9)20)12(17-23-14)15(21)22-2/h7H,3-6H2,1-2H3,(H,16,19). The van der Waals surface area contributed by atoms with Crippen LogP contribution in [-0.2, 0) is 9.53 Å².